The standard InChI is InChI=1S/C18H18Cl2N2O6/c1-26-15(23)10-2-3-13(4-10)21-16(24)18(8-27-9-28-18)17(25)22-14-6-11(19)5-12(20)7-14/h2-3,5-7,10,13H,4,8-9H2,1H3,(H,21,24)(H,22,25)/t10-,13+,18?/m1/s1. The van der Waals surface area contributed by atoms with Crippen LogP contribution in [0.2, 0.25) is 10.0 Å². The van der Waals surface area contributed by atoms with Gasteiger partial charge in [0.2, 0.25) is 0 Å². The molecule has 2 amide bonds. The van der Waals surface area contributed by atoms with Crippen molar-refractivity contribution in [3.63, 3.8) is 0 Å². The Morgan fingerprint density at radius 2 is 1.86 bits per heavy atom. The Kier molecular flexibility index (Phi) is 6.24. The molecule has 1 fully saturated rings. The van der Waals surface area contributed by atoms with Gasteiger partial charge in [-0.3, -0.25) is 14.4 Å². The van der Waals surface area contributed by atoms with E-state index in [1.165, 1.54) is 25.3 Å². The number of esters is 1. The van der Waals surface area contributed by atoms with Gasteiger partial charge in [0.05, 0.1) is 19.6 Å². The van der Waals surface area contributed by atoms with Gasteiger partial charge in [-0.1, -0.05) is 35.4 Å². The van der Waals surface area contributed by atoms with E-state index in [0.717, 1.165) is 0 Å². The average molecular weight is 429 g/mol. The van der Waals surface area contributed by atoms with Crippen molar-refractivity contribution >= 4 is 46.7 Å². The van der Waals surface area contributed by atoms with Crippen LogP contribution in [0.5, 0.6) is 0 Å². The molecule has 1 saturated heterocycles. The van der Waals surface area contributed by atoms with Crippen molar-refractivity contribution in [1.29, 1.82) is 0 Å². The van der Waals surface area contributed by atoms with Crippen LogP contribution in [-0.2, 0) is 28.6 Å². The van der Waals surface area contributed by atoms with Crippen molar-refractivity contribution in [1.82, 2.24) is 5.32 Å². The summed E-state index contributed by atoms with van der Waals surface area (Å²) in [7, 11) is 1.30. The minimum Gasteiger partial charge on any atom is -0.469 e. The highest BCUT2D eigenvalue weighted by molar-refractivity contribution is 6.35. The molecule has 0 spiro atoms. The number of hydrogen-bond donors (Lipinski definition) is 2. The first kappa shape index (κ1) is 20.6. The molecule has 8 nitrogen and oxygen atoms in total. The quantitative estimate of drug-likeness (QED) is 0.421. The summed E-state index contributed by atoms with van der Waals surface area (Å²) in [6.45, 7) is -0.460. The van der Waals surface area contributed by atoms with E-state index < -0.39 is 35.3 Å². The number of carbonyl (C=O) groups is 3. The van der Waals surface area contributed by atoms with Crippen molar-refractivity contribution in [2.24, 2.45) is 5.92 Å². The van der Waals surface area contributed by atoms with Crippen LogP contribution >= 0.6 is 23.2 Å². The lowest BCUT2D eigenvalue weighted by Crippen LogP contribution is -2.58. The summed E-state index contributed by atoms with van der Waals surface area (Å²) in [5.41, 5.74) is -1.55. The summed E-state index contributed by atoms with van der Waals surface area (Å²) >= 11 is 11.9. The van der Waals surface area contributed by atoms with E-state index in [1.54, 1.807) is 12.2 Å². The maximum atomic E-state index is 12.9. The van der Waals surface area contributed by atoms with Crippen molar-refractivity contribution in [2.45, 2.75) is 18.1 Å². The van der Waals surface area contributed by atoms with Crippen molar-refractivity contribution < 1.29 is 28.6 Å². The molecule has 1 unspecified atom stereocenters. The van der Waals surface area contributed by atoms with E-state index in [2.05, 4.69) is 10.6 Å². The van der Waals surface area contributed by atoms with E-state index in [-0.39, 0.29) is 13.4 Å². The Hall–Kier alpha value is -2.13. The number of nitrogens with one attached hydrogen (secondary N) is 2. The van der Waals surface area contributed by atoms with E-state index >= 15 is 0 Å². The number of carbonyl (C=O) groups excluding carboxylic acids is 3. The summed E-state index contributed by atoms with van der Waals surface area (Å²) < 4.78 is 15.2. The number of rotatable bonds is 5. The minimum absolute atomic E-state index is 0.206. The predicted octanol–water partition coefficient (Wildman–Crippen LogP) is 1.91. The molecule has 150 valence electrons. The smallest absolute Gasteiger partial charge is 0.312 e. The molecular formula is C18H18Cl2N2O6. The fraction of sp³-hybridized carbons (Fsp3) is 0.389. The van der Waals surface area contributed by atoms with Crippen LogP contribution in [0, 0.1) is 5.92 Å². The molecule has 3 atom stereocenters. The first-order valence-electron chi connectivity index (χ1n) is 8.40. The molecule has 0 bridgehead atoms. The second kappa shape index (κ2) is 8.48. The van der Waals surface area contributed by atoms with Gasteiger partial charge in [-0.25, -0.2) is 0 Å². The topological polar surface area (TPSA) is 103 Å². The molecule has 1 aliphatic carbocycles. The van der Waals surface area contributed by atoms with Gasteiger partial charge in [0, 0.05) is 21.8 Å². The Labute approximate surface area is 171 Å². The zero-order valence-electron chi connectivity index (χ0n) is 14.9. The summed E-state index contributed by atoms with van der Waals surface area (Å²) in [6, 6.07) is 4.06. The molecule has 1 aliphatic heterocycles. The highest BCUT2D eigenvalue weighted by Crippen LogP contribution is 2.27. The third-order valence-electron chi connectivity index (χ3n) is 4.45. The molecule has 2 aliphatic rings. The Balaban J connectivity index is 1.71. The number of amides is 2. The first-order chi connectivity index (χ1) is 13.3. The first-order valence-corrected chi connectivity index (χ1v) is 9.16. The monoisotopic (exact) mass is 428 g/mol. The lowest BCUT2D eigenvalue weighted by atomic mass is 10.0. The van der Waals surface area contributed by atoms with Crippen LogP contribution < -0.4 is 10.6 Å². The molecule has 28 heavy (non-hydrogen) atoms. The number of methoxy groups -OCH3 is 1. The molecule has 1 heterocycles. The minimum atomic E-state index is -1.87. The lowest BCUT2D eigenvalue weighted by molar-refractivity contribution is -0.151. The van der Waals surface area contributed by atoms with E-state index in [1.807, 2.05) is 0 Å². The van der Waals surface area contributed by atoms with Crippen LogP contribution in [0.4, 0.5) is 5.69 Å². The zero-order chi connectivity index (χ0) is 20.3. The van der Waals surface area contributed by atoms with Crippen LogP contribution in [0.25, 0.3) is 0 Å². The van der Waals surface area contributed by atoms with Gasteiger partial charge in [-0.15, -0.1) is 0 Å². The number of benzene rings is 1. The van der Waals surface area contributed by atoms with Crippen LogP contribution in [0.15, 0.2) is 30.4 Å². The molecule has 1 aromatic carbocycles. The van der Waals surface area contributed by atoms with E-state index in [9.17, 15) is 14.4 Å². The summed E-state index contributed by atoms with van der Waals surface area (Å²) in [5, 5.41) is 5.95. The molecule has 2 N–H and O–H groups in total. The predicted molar refractivity (Wildman–Crippen MR) is 101 cm³/mol. The van der Waals surface area contributed by atoms with Gasteiger partial charge in [-0.2, -0.15) is 0 Å². The second-order valence-electron chi connectivity index (χ2n) is 6.38. The molecular weight excluding hydrogens is 411 g/mol. The fourth-order valence-electron chi connectivity index (χ4n) is 3.01. The number of halogens is 2. The molecule has 10 heteroatoms. The molecule has 0 saturated carbocycles. The number of hydrogen-bond acceptors (Lipinski definition) is 6. The van der Waals surface area contributed by atoms with Gasteiger partial charge in [0.15, 0.2) is 0 Å². The number of ether oxygens (including phenoxy) is 3. The third-order valence-corrected chi connectivity index (χ3v) is 4.89. The van der Waals surface area contributed by atoms with Crippen molar-refractivity contribution in [3.8, 4) is 0 Å². The summed E-state index contributed by atoms with van der Waals surface area (Å²) in [5.74, 6) is -2.23. The second-order valence-corrected chi connectivity index (χ2v) is 7.25. The third kappa shape index (κ3) is 4.30. The summed E-state index contributed by atoms with van der Waals surface area (Å²) in [6.07, 6.45) is 3.67. The van der Waals surface area contributed by atoms with Gasteiger partial charge < -0.3 is 24.8 Å². The maximum Gasteiger partial charge on any atom is 0.312 e. The number of anilines is 1. The largest absolute Gasteiger partial charge is 0.469 e. The SMILES string of the molecule is COC(=O)[C@@H]1C=C[C@H](NC(=O)C2(C(=O)Nc3cc(Cl)cc(Cl)c3)COCO2)C1. The average Bonchev–Trinajstić information content (AvgIpc) is 3.30. The van der Waals surface area contributed by atoms with Crippen molar-refractivity contribution in [2.75, 3.05) is 25.8 Å². The Morgan fingerprint density at radius 1 is 1.14 bits per heavy atom. The molecule has 0 aromatic heterocycles. The summed E-state index contributed by atoms with van der Waals surface area (Å²) in [4.78, 5) is 37.3. The van der Waals surface area contributed by atoms with Crippen LogP contribution in [0.1, 0.15) is 6.42 Å². The Morgan fingerprint density at radius 3 is 2.46 bits per heavy atom. The highest BCUT2D eigenvalue weighted by atomic mass is 35.5. The van der Waals surface area contributed by atoms with E-state index in [0.29, 0.717) is 22.2 Å². The van der Waals surface area contributed by atoms with Gasteiger partial charge in [-0.05, 0) is 24.6 Å². The normalized spacial score (nSPS) is 26.1. The van der Waals surface area contributed by atoms with Crippen LogP contribution in [-0.4, -0.2) is 49.9 Å². The van der Waals surface area contributed by atoms with Gasteiger partial charge in [0.25, 0.3) is 17.4 Å². The zero-order valence-corrected chi connectivity index (χ0v) is 16.4. The van der Waals surface area contributed by atoms with E-state index in [4.69, 9.17) is 37.4 Å². The van der Waals surface area contributed by atoms with Crippen LogP contribution in [0.3, 0.4) is 0 Å². The molecule has 3 rings (SSSR count). The lowest BCUT2D eigenvalue weighted by Gasteiger charge is -2.26. The van der Waals surface area contributed by atoms with Crippen molar-refractivity contribution in [3.05, 3.63) is 40.4 Å². The Bertz CT molecular complexity index is 802. The molecule has 0 radical (unpaired) electrons. The highest BCUT2D eigenvalue weighted by Gasteiger charge is 2.52. The van der Waals surface area contributed by atoms with Gasteiger partial charge >= 0.3 is 5.97 Å². The maximum absolute atomic E-state index is 12.9. The fourth-order valence-corrected chi connectivity index (χ4v) is 3.54. The van der Waals surface area contributed by atoms with Gasteiger partial charge in [0.1, 0.15) is 6.79 Å². The molecule has 1 aromatic rings.